The summed E-state index contributed by atoms with van der Waals surface area (Å²) >= 11 is 0. The Hall–Kier alpha value is -2.97. The first kappa shape index (κ1) is 21.7. The summed E-state index contributed by atoms with van der Waals surface area (Å²) in [6.07, 6.45) is 1.13. The molecule has 1 saturated heterocycles. The van der Waals surface area contributed by atoms with Gasteiger partial charge in [0.25, 0.3) is 5.91 Å². The van der Waals surface area contributed by atoms with Gasteiger partial charge in [0.2, 0.25) is 0 Å². The van der Waals surface area contributed by atoms with Crippen LogP contribution in [0.15, 0.2) is 54.6 Å². The average Bonchev–Trinajstić information content (AvgIpc) is 2.75. The molecule has 3 atom stereocenters. The lowest BCUT2D eigenvalue weighted by Gasteiger charge is -2.36. The highest BCUT2D eigenvalue weighted by Gasteiger charge is 2.31. The summed E-state index contributed by atoms with van der Waals surface area (Å²) in [4.78, 5) is 24.3. The maximum atomic E-state index is 13.7. The Balaban J connectivity index is 1.43. The van der Waals surface area contributed by atoms with Crippen molar-refractivity contribution < 1.29 is 23.8 Å². The number of amides is 3. The fraction of sp³-hybridized carbons (Fsp3) is 0.364. The van der Waals surface area contributed by atoms with Gasteiger partial charge in [0.1, 0.15) is 11.9 Å². The van der Waals surface area contributed by atoms with Gasteiger partial charge in [-0.2, -0.15) is 0 Å². The molecule has 160 valence electrons. The minimum Gasteiger partial charge on any atom is -0.394 e. The van der Waals surface area contributed by atoms with Crippen molar-refractivity contribution in [3.05, 3.63) is 66.0 Å². The molecule has 3 amide bonds. The molecule has 0 unspecified atom stereocenters. The largest absolute Gasteiger partial charge is 0.394 e. The molecule has 1 heterocycles. The minimum absolute atomic E-state index is 0.00369. The number of urea groups is 1. The van der Waals surface area contributed by atoms with E-state index in [1.54, 1.807) is 18.2 Å². The SMILES string of the molecule is O=C(Nc1ccccc1)N[C@H]1CC[C@H](CCNC(=O)c2ccccc2F)O[C@H]1CO. The molecule has 1 aliphatic rings. The molecule has 0 aliphatic carbocycles. The van der Waals surface area contributed by atoms with Gasteiger partial charge in [-0.25, -0.2) is 9.18 Å². The summed E-state index contributed by atoms with van der Waals surface area (Å²) in [5, 5.41) is 17.9. The van der Waals surface area contributed by atoms with E-state index in [0.29, 0.717) is 31.5 Å². The topological polar surface area (TPSA) is 99.7 Å². The smallest absolute Gasteiger partial charge is 0.319 e. The molecule has 2 aromatic carbocycles. The van der Waals surface area contributed by atoms with Crippen molar-refractivity contribution in [3.63, 3.8) is 0 Å². The van der Waals surface area contributed by atoms with Crippen LogP contribution in [0.5, 0.6) is 0 Å². The predicted octanol–water partition coefficient (Wildman–Crippen LogP) is 2.68. The summed E-state index contributed by atoms with van der Waals surface area (Å²) in [6.45, 7) is 0.0942. The van der Waals surface area contributed by atoms with Crippen molar-refractivity contribution in [1.29, 1.82) is 0 Å². The molecular weight excluding hydrogens is 389 g/mol. The number of hydrogen-bond acceptors (Lipinski definition) is 4. The maximum Gasteiger partial charge on any atom is 0.319 e. The van der Waals surface area contributed by atoms with E-state index in [1.807, 2.05) is 18.2 Å². The second-order valence-corrected chi connectivity index (χ2v) is 7.15. The van der Waals surface area contributed by atoms with E-state index in [9.17, 15) is 19.1 Å². The standard InChI is InChI=1S/C22H26FN3O4/c23-18-9-5-4-8-17(18)21(28)24-13-12-16-10-11-19(20(14-27)30-16)26-22(29)25-15-6-2-1-3-7-15/h1-9,16,19-20,27H,10-14H2,(H,24,28)(H2,25,26,29)/t16-,19+,20+/m1/s1. The molecule has 0 spiro atoms. The molecule has 4 N–H and O–H groups in total. The van der Waals surface area contributed by atoms with Gasteiger partial charge in [0.05, 0.1) is 24.3 Å². The molecule has 8 heteroatoms. The van der Waals surface area contributed by atoms with Gasteiger partial charge in [0, 0.05) is 12.2 Å². The fourth-order valence-corrected chi connectivity index (χ4v) is 3.45. The van der Waals surface area contributed by atoms with E-state index in [0.717, 1.165) is 0 Å². The van der Waals surface area contributed by atoms with Crippen LogP contribution >= 0.6 is 0 Å². The first-order chi connectivity index (χ1) is 14.6. The number of rotatable bonds is 7. The van der Waals surface area contributed by atoms with E-state index < -0.39 is 17.8 Å². The van der Waals surface area contributed by atoms with E-state index in [4.69, 9.17) is 4.74 Å². The van der Waals surface area contributed by atoms with Gasteiger partial charge in [-0.1, -0.05) is 30.3 Å². The summed E-state index contributed by atoms with van der Waals surface area (Å²) in [6, 6.07) is 14.2. The zero-order valence-corrected chi connectivity index (χ0v) is 16.5. The van der Waals surface area contributed by atoms with Crippen LogP contribution in [0.4, 0.5) is 14.9 Å². The van der Waals surface area contributed by atoms with Gasteiger partial charge in [0.15, 0.2) is 0 Å². The molecule has 0 radical (unpaired) electrons. The molecule has 7 nitrogen and oxygen atoms in total. The lowest BCUT2D eigenvalue weighted by molar-refractivity contribution is -0.0886. The zero-order chi connectivity index (χ0) is 21.3. The molecule has 0 saturated carbocycles. The number of para-hydroxylation sites is 1. The molecule has 30 heavy (non-hydrogen) atoms. The van der Waals surface area contributed by atoms with Crippen LogP contribution in [-0.4, -0.2) is 48.4 Å². The van der Waals surface area contributed by atoms with Crippen LogP contribution in [0, 0.1) is 5.82 Å². The Morgan fingerprint density at radius 2 is 1.80 bits per heavy atom. The van der Waals surface area contributed by atoms with Gasteiger partial charge >= 0.3 is 6.03 Å². The number of hydrogen-bond donors (Lipinski definition) is 4. The Labute approximate surface area is 174 Å². The first-order valence-electron chi connectivity index (χ1n) is 9.98. The van der Waals surface area contributed by atoms with Crippen molar-refractivity contribution >= 4 is 17.6 Å². The normalized spacial score (nSPS) is 20.9. The number of anilines is 1. The van der Waals surface area contributed by atoms with Crippen molar-refractivity contribution in [3.8, 4) is 0 Å². The van der Waals surface area contributed by atoms with Crippen LogP contribution in [0.1, 0.15) is 29.6 Å². The molecule has 3 rings (SSSR count). The first-order valence-corrected chi connectivity index (χ1v) is 9.98. The Kier molecular flexibility index (Phi) is 7.75. The number of ether oxygens (including phenoxy) is 1. The van der Waals surface area contributed by atoms with Crippen molar-refractivity contribution in [1.82, 2.24) is 10.6 Å². The van der Waals surface area contributed by atoms with Crippen molar-refractivity contribution in [2.24, 2.45) is 0 Å². The Morgan fingerprint density at radius 3 is 2.53 bits per heavy atom. The summed E-state index contributed by atoms with van der Waals surface area (Å²) in [5.41, 5.74) is 0.680. The number of carbonyl (C=O) groups is 2. The van der Waals surface area contributed by atoms with Crippen LogP contribution in [-0.2, 0) is 4.74 Å². The van der Waals surface area contributed by atoms with E-state index in [2.05, 4.69) is 16.0 Å². The molecule has 1 fully saturated rings. The minimum atomic E-state index is -0.563. The van der Waals surface area contributed by atoms with Gasteiger partial charge in [-0.05, 0) is 43.5 Å². The van der Waals surface area contributed by atoms with Gasteiger partial charge < -0.3 is 25.8 Å². The van der Waals surface area contributed by atoms with E-state index >= 15 is 0 Å². The van der Waals surface area contributed by atoms with Crippen LogP contribution < -0.4 is 16.0 Å². The molecule has 1 aliphatic heterocycles. The zero-order valence-electron chi connectivity index (χ0n) is 16.5. The number of aliphatic hydroxyl groups is 1. The summed E-state index contributed by atoms with van der Waals surface area (Å²) < 4.78 is 19.5. The van der Waals surface area contributed by atoms with Crippen LogP contribution in [0.2, 0.25) is 0 Å². The van der Waals surface area contributed by atoms with Crippen molar-refractivity contribution in [2.45, 2.75) is 37.5 Å². The summed E-state index contributed by atoms with van der Waals surface area (Å²) in [5.74, 6) is -1.04. The quantitative estimate of drug-likeness (QED) is 0.559. The summed E-state index contributed by atoms with van der Waals surface area (Å²) in [7, 11) is 0. The van der Waals surface area contributed by atoms with Gasteiger partial charge in [-0.3, -0.25) is 4.79 Å². The lowest BCUT2D eigenvalue weighted by Crippen LogP contribution is -2.52. The highest BCUT2D eigenvalue weighted by Crippen LogP contribution is 2.22. The highest BCUT2D eigenvalue weighted by molar-refractivity contribution is 5.94. The molecule has 0 aromatic heterocycles. The number of benzene rings is 2. The lowest BCUT2D eigenvalue weighted by atomic mass is 9.97. The monoisotopic (exact) mass is 415 g/mol. The maximum absolute atomic E-state index is 13.7. The third-order valence-corrected chi connectivity index (χ3v) is 5.01. The highest BCUT2D eigenvalue weighted by atomic mass is 19.1. The predicted molar refractivity (Wildman–Crippen MR) is 111 cm³/mol. The molecule has 0 bridgehead atoms. The average molecular weight is 415 g/mol. The van der Waals surface area contributed by atoms with Gasteiger partial charge in [-0.15, -0.1) is 0 Å². The van der Waals surface area contributed by atoms with E-state index in [1.165, 1.54) is 18.2 Å². The second-order valence-electron chi connectivity index (χ2n) is 7.15. The number of nitrogens with one attached hydrogen (secondary N) is 3. The third-order valence-electron chi connectivity index (χ3n) is 5.01. The fourth-order valence-electron chi connectivity index (χ4n) is 3.45. The van der Waals surface area contributed by atoms with Crippen LogP contribution in [0.3, 0.4) is 0 Å². The number of aliphatic hydroxyl groups excluding tert-OH is 1. The molecular formula is C22H26FN3O4. The van der Waals surface area contributed by atoms with Crippen molar-refractivity contribution in [2.75, 3.05) is 18.5 Å². The number of halogens is 1. The second kappa shape index (κ2) is 10.7. The Bertz CT molecular complexity index is 849. The number of carbonyl (C=O) groups excluding carboxylic acids is 2. The van der Waals surface area contributed by atoms with Crippen LogP contribution in [0.25, 0.3) is 0 Å². The molecule has 2 aromatic rings. The third kappa shape index (κ3) is 6.01. The Morgan fingerprint density at radius 1 is 1.07 bits per heavy atom. The van der Waals surface area contributed by atoms with E-state index in [-0.39, 0.29) is 30.3 Å².